The Morgan fingerprint density at radius 3 is 2.35 bits per heavy atom. The quantitative estimate of drug-likeness (QED) is 0.391. The number of benzene rings is 3. The third-order valence-electron chi connectivity index (χ3n) is 5.64. The highest BCUT2D eigenvalue weighted by molar-refractivity contribution is 6.02. The predicted molar refractivity (Wildman–Crippen MR) is 129 cm³/mol. The molecule has 0 unspecified atom stereocenters. The number of nitrogens with zero attached hydrogens (tertiary/aromatic N) is 2. The minimum atomic E-state index is -0.0421. The summed E-state index contributed by atoms with van der Waals surface area (Å²) in [6.45, 7) is 7.76. The van der Waals surface area contributed by atoms with E-state index in [1.165, 1.54) is 10.8 Å². The Labute approximate surface area is 183 Å². The molecule has 0 radical (unpaired) electrons. The molecule has 0 aliphatic rings. The van der Waals surface area contributed by atoms with E-state index in [9.17, 15) is 4.79 Å². The first kappa shape index (κ1) is 20.8. The van der Waals surface area contributed by atoms with Crippen molar-refractivity contribution in [2.45, 2.75) is 13.8 Å². The third-order valence-corrected chi connectivity index (χ3v) is 5.64. The van der Waals surface area contributed by atoms with Crippen molar-refractivity contribution in [3.63, 3.8) is 0 Å². The highest BCUT2D eigenvalue weighted by Crippen LogP contribution is 2.29. The van der Waals surface area contributed by atoms with Crippen molar-refractivity contribution in [1.82, 2.24) is 15.2 Å². The zero-order valence-electron chi connectivity index (χ0n) is 18.1. The number of carbonyl (C=O) groups excluding carboxylic acids is 1. The van der Waals surface area contributed by atoms with E-state index in [1.54, 1.807) is 0 Å². The number of aromatic nitrogens is 1. The molecule has 0 aliphatic carbocycles. The Balaban J connectivity index is 1.47. The highest BCUT2D eigenvalue weighted by Gasteiger charge is 2.08. The molecule has 0 atom stereocenters. The molecule has 5 nitrogen and oxygen atoms in total. The number of rotatable bonds is 8. The van der Waals surface area contributed by atoms with Crippen molar-refractivity contribution in [3.8, 4) is 0 Å². The molecule has 158 valence electrons. The summed E-state index contributed by atoms with van der Waals surface area (Å²) in [5, 5.41) is 9.90. The Morgan fingerprint density at radius 2 is 1.65 bits per heavy atom. The number of likely N-dealkylation sites (N-methyl/N-ethyl adjacent to an activating group) is 1. The third kappa shape index (κ3) is 4.84. The molecule has 31 heavy (non-hydrogen) atoms. The molecule has 0 saturated carbocycles. The molecule has 5 heteroatoms. The van der Waals surface area contributed by atoms with Crippen LogP contribution in [0.2, 0.25) is 0 Å². The molecule has 0 saturated heterocycles. The molecule has 3 aromatic carbocycles. The first-order chi connectivity index (χ1) is 15.2. The van der Waals surface area contributed by atoms with E-state index in [4.69, 9.17) is 0 Å². The zero-order chi connectivity index (χ0) is 21.6. The summed E-state index contributed by atoms with van der Waals surface area (Å²) in [5.74, 6) is -0.0421. The lowest BCUT2D eigenvalue weighted by atomic mass is 10.1. The maximum Gasteiger partial charge on any atom is 0.251 e. The van der Waals surface area contributed by atoms with Gasteiger partial charge in [0.05, 0.1) is 5.52 Å². The summed E-state index contributed by atoms with van der Waals surface area (Å²) < 4.78 is 0. The van der Waals surface area contributed by atoms with Crippen LogP contribution in [0.15, 0.2) is 72.9 Å². The van der Waals surface area contributed by atoms with Crippen LogP contribution in [0.3, 0.4) is 0 Å². The average molecular weight is 413 g/mol. The van der Waals surface area contributed by atoms with Gasteiger partial charge in [-0.2, -0.15) is 0 Å². The van der Waals surface area contributed by atoms with E-state index in [2.05, 4.69) is 58.6 Å². The minimum absolute atomic E-state index is 0.0421. The number of amides is 1. The Morgan fingerprint density at radius 1 is 0.935 bits per heavy atom. The fourth-order valence-corrected chi connectivity index (χ4v) is 3.77. The zero-order valence-corrected chi connectivity index (χ0v) is 18.1. The van der Waals surface area contributed by atoms with E-state index in [0.29, 0.717) is 12.1 Å². The van der Waals surface area contributed by atoms with Gasteiger partial charge in [-0.15, -0.1) is 0 Å². The minimum Gasteiger partial charge on any atom is -0.355 e. The van der Waals surface area contributed by atoms with Crippen molar-refractivity contribution >= 4 is 39.0 Å². The molecular weight excluding hydrogens is 384 g/mol. The summed E-state index contributed by atoms with van der Waals surface area (Å²) in [4.78, 5) is 19.2. The van der Waals surface area contributed by atoms with E-state index in [-0.39, 0.29) is 5.91 Å². The lowest BCUT2D eigenvalue weighted by Gasteiger charge is -2.18. The van der Waals surface area contributed by atoms with Crippen molar-refractivity contribution in [1.29, 1.82) is 0 Å². The fourth-order valence-electron chi connectivity index (χ4n) is 3.77. The Kier molecular flexibility index (Phi) is 6.43. The molecule has 0 spiro atoms. The molecule has 0 fully saturated rings. The van der Waals surface area contributed by atoms with Crippen molar-refractivity contribution in [3.05, 3.63) is 78.5 Å². The molecule has 0 aliphatic heterocycles. The second kappa shape index (κ2) is 9.58. The first-order valence-corrected chi connectivity index (χ1v) is 10.8. The van der Waals surface area contributed by atoms with Crippen molar-refractivity contribution in [2.24, 2.45) is 0 Å². The number of anilines is 2. The second-order valence-electron chi connectivity index (χ2n) is 7.56. The number of pyridine rings is 1. The van der Waals surface area contributed by atoms with Gasteiger partial charge in [0.2, 0.25) is 0 Å². The molecule has 4 rings (SSSR count). The van der Waals surface area contributed by atoms with Crippen LogP contribution in [0.5, 0.6) is 0 Å². The summed E-state index contributed by atoms with van der Waals surface area (Å²) in [5.41, 5.74) is 3.54. The van der Waals surface area contributed by atoms with Gasteiger partial charge < -0.3 is 15.5 Å². The first-order valence-electron chi connectivity index (χ1n) is 10.8. The van der Waals surface area contributed by atoms with E-state index in [1.807, 2.05) is 48.7 Å². The van der Waals surface area contributed by atoms with Gasteiger partial charge in [0, 0.05) is 41.6 Å². The topological polar surface area (TPSA) is 57.3 Å². The lowest BCUT2D eigenvalue weighted by molar-refractivity contribution is 0.0949. The average Bonchev–Trinajstić information content (AvgIpc) is 2.81. The van der Waals surface area contributed by atoms with Gasteiger partial charge in [0.1, 0.15) is 0 Å². The van der Waals surface area contributed by atoms with Gasteiger partial charge in [0.25, 0.3) is 5.91 Å². The second-order valence-corrected chi connectivity index (χ2v) is 7.56. The number of fused-ring (bicyclic) bond motifs is 2. The van der Waals surface area contributed by atoms with Crippen LogP contribution in [-0.2, 0) is 0 Å². The van der Waals surface area contributed by atoms with Gasteiger partial charge in [-0.3, -0.25) is 9.78 Å². The largest absolute Gasteiger partial charge is 0.355 e. The summed E-state index contributed by atoms with van der Waals surface area (Å²) >= 11 is 0. The molecule has 4 aromatic rings. The van der Waals surface area contributed by atoms with Gasteiger partial charge in [-0.25, -0.2) is 0 Å². The van der Waals surface area contributed by atoms with Crippen LogP contribution in [0, 0.1) is 0 Å². The molecule has 1 aromatic heterocycles. The van der Waals surface area contributed by atoms with E-state index in [0.717, 1.165) is 41.9 Å². The molecular formula is C26H28N4O. The molecule has 1 heterocycles. The maximum absolute atomic E-state index is 12.4. The fraction of sp³-hybridized carbons (Fsp3) is 0.231. The van der Waals surface area contributed by atoms with Crippen molar-refractivity contribution in [2.75, 3.05) is 31.5 Å². The SMILES string of the molecule is CCN(CC)CCNC(=O)c1ccc(Nc2ccnc3cc4ccccc4cc23)cc1. The number of hydrogen-bond acceptors (Lipinski definition) is 4. The van der Waals surface area contributed by atoms with Crippen LogP contribution in [-0.4, -0.2) is 42.0 Å². The number of nitrogens with one attached hydrogen (secondary N) is 2. The van der Waals surface area contributed by atoms with Crippen LogP contribution >= 0.6 is 0 Å². The van der Waals surface area contributed by atoms with Gasteiger partial charge in [-0.1, -0.05) is 38.1 Å². The van der Waals surface area contributed by atoms with Crippen LogP contribution in [0.4, 0.5) is 11.4 Å². The van der Waals surface area contributed by atoms with Gasteiger partial charge >= 0.3 is 0 Å². The normalized spacial score (nSPS) is 11.2. The number of carbonyl (C=O) groups is 1. The van der Waals surface area contributed by atoms with Crippen LogP contribution < -0.4 is 10.6 Å². The standard InChI is InChI=1S/C26H28N4O/c1-3-30(4-2)16-15-28-26(31)19-9-11-22(12-10-19)29-24-13-14-27-25-18-21-8-6-5-7-20(21)17-23(24)25/h5-14,17-18H,3-4,15-16H2,1-2H3,(H,27,29)(H,28,31). The maximum atomic E-state index is 12.4. The van der Waals surface area contributed by atoms with Gasteiger partial charge in [-0.05, 0) is 66.3 Å². The Hall–Kier alpha value is -3.44. The monoisotopic (exact) mass is 412 g/mol. The highest BCUT2D eigenvalue weighted by atomic mass is 16.1. The summed E-state index contributed by atoms with van der Waals surface area (Å²) in [6.07, 6.45) is 1.82. The van der Waals surface area contributed by atoms with Gasteiger partial charge in [0.15, 0.2) is 0 Å². The van der Waals surface area contributed by atoms with Crippen LogP contribution in [0.1, 0.15) is 24.2 Å². The molecule has 1 amide bonds. The Bertz CT molecular complexity index is 1180. The van der Waals surface area contributed by atoms with E-state index >= 15 is 0 Å². The van der Waals surface area contributed by atoms with E-state index < -0.39 is 0 Å². The number of hydrogen-bond donors (Lipinski definition) is 2. The lowest BCUT2D eigenvalue weighted by Crippen LogP contribution is -2.34. The molecule has 0 bridgehead atoms. The van der Waals surface area contributed by atoms with Crippen LogP contribution in [0.25, 0.3) is 21.7 Å². The summed E-state index contributed by atoms with van der Waals surface area (Å²) in [6, 6.07) is 22.1. The summed E-state index contributed by atoms with van der Waals surface area (Å²) in [7, 11) is 0. The predicted octanol–water partition coefficient (Wildman–Crippen LogP) is 5.20. The van der Waals surface area contributed by atoms with Crippen molar-refractivity contribution < 1.29 is 4.79 Å². The smallest absolute Gasteiger partial charge is 0.251 e. The molecule has 2 N–H and O–H groups in total.